The number of carbonyl (C=O) groups excluding carboxylic acids is 1. The zero-order chi connectivity index (χ0) is 18.9. The fourth-order valence-electron chi connectivity index (χ4n) is 3.55. The molecule has 2 aromatic rings. The van der Waals surface area contributed by atoms with Crippen LogP contribution in [0.2, 0.25) is 0 Å². The summed E-state index contributed by atoms with van der Waals surface area (Å²) in [6, 6.07) is 5.82. The topological polar surface area (TPSA) is 98.5 Å². The summed E-state index contributed by atoms with van der Waals surface area (Å²) in [6.45, 7) is 3.03. The van der Waals surface area contributed by atoms with Gasteiger partial charge in [0.05, 0.1) is 7.11 Å². The van der Waals surface area contributed by atoms with Crippen LogP contribution < -0.4 is 9.46 Å². The van der Waals surface area contributed by atoms with Crippen molar-refractivity contribution in [3.63, 3.8) is 0 Å². The Morgan fingerprint density at radius 3 is 2.81 bits per heavy atom. The molecule has 0 unspecified atom stereocenters. The summed E-state index contributed by atoms with van der Waals surface area (Å²) < 4.78 is 37.2. The van der Waals surface area contributed by atoms with E-state index in [9.17, 15) is 13.2 Å². The van der Waals surface area contributed by atoms with Crippen LogP contribution in [0.25, 0.3) is 0 Å². The monoisotopic (exact) mass is 378 g/mol. The lowest BCUT2D eigenvalue weighted by molar-refractivity contribution is -0.119. The van der Waals surface area contributed by atoms with E-state index in [-0.39, 0.29) is 28.7 Å². The number of nitrogens with zero attached hydrogens (tertiary/aromatic N) is 1. The fraction of sp³-hybridized carbons (Fsp3) is 0.444. The maximum atomic E-state index is 12.5. The molecule has 0 saturated heterocycles. The molecule has 7 nitrogen and oxygen atoms in total. The lowest BCUT2D eigenvalue weighted by Gasteiger charge is -2.25. The molecule has 140 valence electrons. The van der Waals surface area contributed by atoms with Crippen LogP contribution in [-0.2, 0) is 21.2 Å². The van der Waals surface area contributed by atoms with Crippen molar-refractivity contribution >= 4 is 15.9 Å². The molecule has 0 spiro atoms. The molecule has 0 radical (unpaired) electrons. The van der Waals surface area contributed by atoms with Gasteiger partial charge in [-0.1, -0.05) is 11.2 Å². The number of hydrogen-bond acceptors (Lipinski definition) is 6. The minimum Gasteiger partial charge on any atom is -0.497 e. The summed E-state index contributed by atoms with van der Waals surface area (Å²) in [6.07, 6.45) is 2.84. The van der Waals surface area contributed by atoms with Crippen LogP contribution in [0.4, 0.5) is 0 Å². The molecule has 0 saturated carbocycles. The Hall–Kier alpha value is -2.35. The van der Waals surface area contributed by atoms with Crippen LogP contribution in [0.3, 0.4) is 0 Å². The Morgan fingerprint density at radius 2 is 2.15 bits per heavy atom. The second-order valence-electron chi connectivity index (χ2n) is 6.54. The highest BCUT2D eigenvalue weighted by atomic mass is 32.2. The van der Waals surface area contributed by atoms with Gasteiger partial charge in [0.1, 0.15) is 11.4 Å². The average molecular weight is 378 g/mol. The SMILES string of the molecule is COc1ccc2c(c1)CCC[C@@H]2CC(=O)NS(=O)(=O)c1c(C)noc1C. The summed E-state index contributed by atoms with van der Waals surface area (Å²) in [5.74, 6) is 0.413. The first-order valence-electron chi connectivity index (χ1n) is 8.47. The van der Waals surface area contributed by atoms with Crippen molar-refractivity contribution in [2.24, 2.45) is 0 Å². The third-order valence-corrected chi connectivity index (χ3v) is 6.32. The lowest BCUT2D eigenvalue weighted by Crippen LogP contribution is -2.32. The molecule has 1 heterocycles. The molecule has 8 heteroatoms. The Balaban J connectivity index is 1.76. The number of hydrogen-bond donors (Lipinski definition) is 1. The average Bonchev–Trinajstić information content (AvgIpc) is 2.93. The van der Waals surface area contributed by atoms with Crippen molar-refractivity contribution in [2.45, 2.75) is 50.3 Å². The highest BCUT2D eigenvalue weighted by molar-refractivity contribution is 7.90. The predicted octanol–water partition coefficient (Wildman–Crippen LogP) is 2.62. The van der Waals surface area contributed by atoms with Gasteiger partial charge in [0.15, 0.2) is 10.7 Å². The number of amides is 1. The fourth-order valence-corrected chi connectivity index (χ4v) is 4.88. The van der Waals surface area contributed by atoms with Crippen LogP contribution in [0.1, 0.15) is 47.8 Å². The number of nitrogens with one attached hydrogen (secondary N) is 1. The number of benzene rings is 1. The normalized spacial score (nSPS) is 16.8. The van der Waals surface area contributed by atoms with Gasteiger partial charge in [-0.3, -0.25) is 4.79 Å². The summed E-state index contributed by atoms with van der Waals surface area (Å²) in [7, 11) is -2.37. The Kier molecular flexibility index (Phi) is 5.04. The van der Waals surface area contributed by atoms with Gasteiger partial charge in [0, 0.05) is 6.42 Å². The van der Waals surface area contributed by atoms with Gasteiger partial charge in [-0.25, -0.2) is 13.1 Å². The molecular formula is C18H22N2O5S. The largest absolute Gasteiger partial charge is 0.497 e. The maximum absolute atomic E-state index is 12.5. The third-order valence-electron chi connectivity index (χ3n) is 4.71. The van der Waals surface area contributed by atoms with E-state index in [0.717, 1.165) is 36.1 Å². The van der Waals surface area contributed by atoms with E-state index in [0.29, 0.717) is 0 Å². The summed E-state index contributed by atoms with van der Waals surface area (Å²) in [4.78, 5) is 12.3. The van der Waals surface area contributed by atoms with E-state index in [1.807, 2.05) is 18.2 Å². The van der Waals surface area contributed by atoms with E-state index < -0.39 is 15.9 Å². The van der Waals surface area contributed by atoms with Crippen molar-refractivity contribution in [1.29, 1.82) is 0 Å². The molecule has 0 aliphatic heterocycles. The van der Waals surface area contributed by atoms with Crippen molar-refractivity contribution in [3.05, 3.63) is 40.8 Å². The molecule has 0 bridgehead atoms. The molecule has 0 fully saturated rings. The predicted molar refractivity (Wildman–Crippen MR) is 94.6 cm³/mol. The van der Waals surface area contributed by atoms with E-state index in [1.165, 1.54) is 13.8 Å². The molecule has 1 aliphatic rings. The second kappa shape index (κ2) is 7.11. The number of fused-ring (bicyclic) bond motifs is 1. The lowest BCUT2D eigenvalue weighted by atomic mass is 9.81. The quantitative estimate of drug-likeness (QED) is 0.859. The first-order valence-corrected chi connectivity index (χ1v) is 9.95. The molecule has 1 N–H and O–H groups in total. The molecule has 1 aliphatic carbocycles. The van der Waals surface area contributed by atoms with Crippen molar-refractivity contribution in [2.75, 3.05) is 7.11 Å². The van der Waals surface area contributed by atoms with E-state index in [2.05, 4.69) is 9.88 Å². The molecular weight excluding hydrogens is 356 g/mol. The van der Waals surface area contributed by atoms with Gasteiger partial charge in [0.2, 0.25) is 5.91 Å². The minimum atomic E-state index is -3.99. The minimum absolute atomic E-state index is 0.00970. The van der Waals surface area contributed by atoms with Crippen molar-refractivity contribution in [3.8, 4) is 5.75 Å². The maximum Gasteiger partial charge on any atom is 0.269 e. The van der Waals surface area contributed by atoms with E-state index >= 15 is 0 Å². The number of methoxy groups -OCH3 is 1. The van der Waals surface area contributed by atoms with Crippen LogP contribution in [-0.4, -0.2) is 26.6 Å². The molecule has 26 heavy (non-hydrogen) atoms. The van der Waals surface area contributed by atoms with E-state index in [4.69, 9.17) is 9.26 Å². The van der Waals surface area contributed by atoms with Crippen LogP contribution in [0.15, 0.2) is 27.6 Å². The zero-order valence-electron chi connectivity index (χ0n) is 15.0. The van der Waals surface area contributed by atoms with Gasteiger partial charge in [-0.05, 0) is 62.3 Å². The van der Waals surface area contributed by atoms with Crippen LogP contribution in [0, 0.1) is 13.8 Å². The molecule has 1 aromatic carbocycles. The highest BCUT2D eigenvalue weighted by Gasteiger charge is 2.29. The summed E-state index contributed by atoms with van der Waals surface area (Å²) >= 11 is 0. The molecule has 1 atom stereocenters. The second-order valence-corrected chi connectivity index (χ2v) is 8.16. The first-order chi connectivity index (χ1) is 12.3. The Bertz CT molecular complexity index is 914. The third kappa shape index (κ3) is 3.60. The van der Waals surface area contributed by atoms with Crippen molar-refractivity contribution < 1.29 is 22.5 Å². The van der Waals surface area contributed by atoms with E-state index in [1.54, 1.807) is 7.11 Å². The van der Waals surface area contributed by atoms with Crippen LogP contribution in [0.5, 0.6) is 5.75 Å². The molecule has 3 rings (SSSR count). The van der Waals surface area contributed by atoms with Gasteiger partial charge in [0.25, 0.3) is 10.0 Å². The highest BCUT2D eigenvalue weighted by Crippen LogP contribution is 2.35. The summed E-state index contributed by atoms with van der Waals surface area (Å²) in [5.41, 5.74) is 2.47. The van der Waals surface area contributed by atoms with Gasteiger partial charge in [-0.2, -0.15) is 0 Å². The number of sulfonamides is 1. The molecule has 1 amide bonds. The van der Waals surface area contributed by atoms with Crippen LogP contribution >= 0.6 is 0 Å². The Labute approximate surface area is 152 Å². The number of carbonyl (C=O) groups is 1. The zero-order valence-corrected chi connectivity index (χ0v) is 15.9. The smallest absolute Gasteiger partial charge is 0.269 e. The number of aromatic nitrogens is 1. The standard InChI is InChI=1S/C18H22N2O5S/c1-11-18(12(2)25-19-11)26(22,23)20-17(21)10-14-6-4-5-13-9-15(24-3)7-8-16(13)14/h7-9,14H,4-6,10H2,1-3H3,(H,20,21)/t14-/m1/s1. The Morgan fingerprint density at radius 1 is 1.38 bits per heavy atom. The number of aryl methyl sites for hydroxylation is 3. The van der Waals surface area contributed by atoms with Gasteiger partial charge in [-0.15, -0.1) is 0 Å². The number of rotatable bonds is 5. The van der Waals surface area contributed by atoms with Crippen molar-refractivity contribution in [1.82, 2.24) is 9.88 Å². The number of ether oxygens (including phenoxy) is 1. The summed E-state index contributed by atoms with van der Waals surface area (Å²) in [5, 5.41) is 3.63. The van der Waals surface area contributed by atoms with Gasteiger partial charge >= 0.3 is 0 Å². The molecule has 1 aromatic heterocycles. The van der Waals surface area contributed by atoms with Gasteiger partial charge < -0.3 is 9.26 Å². The first kappa shape index (κ1) is 18.4.